The lowest BCUT2D eigenvalue weighted by Gasteiger charge is -2.10. The van der Waals surface area contributed by atoms with E-state index in [-0.39, 0.29) is 5.91 Å². The Morgan fingerprint density at radius 1 is 1.16 bits per heavy atom. The van der Waals surface area contributed by atoms with Crippen molar-refractivity contribution < 1.29 is 9.53 Å². The lowest BCUT2D eigenvalue weighted by atomic mass is 10.1. The summed E-state index contributed by atoms with van der Waals surface area (Å²) in [5.41, 5.74) is 6.85. The first-order chi connectivity index (χ1) is 12.1. The van der Waals surface area contributed by atoms with Crippen molar-refractivity contribution in [3.63, 3.8) is 0 Å². The minimum absolute atomic E-state index is 0.241. The van der Waals surface area contributed by atoms with Gasteiger partial charge in [-0.1, -0.05) is 18.2 Å². The predicted octanol–water partition coefficient (Wildman–Crippen LogP) is 2.88. The third-order valence-corrected chi connectivity index (χ3v) is 4.14. The van der Waals surface area contributed by atoms with Gasteiger partial charge in [0, 0.05) is 23.1 Å². The molecule has 0 fully saturated rings. The molecule has 2 aromatic carbocycles. The van der Waals surface area contributed by atoms with Crippen molar-refractivity contribution in [2.45, 2.75) is 13.8 Å². The maximum absolute atomic E-state index is 12.8. The topological polar surface area (TPSA) is 92.2 Å². The fourth-order valence-electron chi connectivity index (χ4n) is 2.65. The van der Waals surface area contributed by atoms with Crippen LogP contribution in [0.15, 0.2) is 42.5 Å². The summed E-state index contributed by atoms with van der Waals surface area (Å²) >= 11 is 0. The molecule has 1 heterocycles. The van der Waals surface area contributed by atoms with E-state index in [4.69, 9.17) is 10.6 Å². The highest BCUT2D eigenvalue weighted by Gasteiger charge is 2.19. The number of rotatable bonds is 6. The Morgan fingerprint density at radius 2 is 1.96 bits per heavy atom. The largest absolute Gasteiger partial charge is 0.489 e. The van der Waals surface area contributed by atoms with Gasteiger partial charge in [0.2, 0.25) is 0 Å². The molecular weight excluding hydrogens is 316 g/mol. The number of para-hydroxylation sites is 1. The van der Waals surface area contributed by atoms with E-state index in [1.807, 2.05) is 56.3 Å². The van der Waals surface area contributed by atoms with Crippen molar-refractivity contribution in [3.05, 3.63) is 59.3 Å². The van der Waals surface area contributed by atoms with E-state index in [9.17, 15) is 4.79 Å². The Bertz CT molecular complexity index is 902. The number of hydrogen-bond acceptors (Lipinski definition) is 4. The van der Waals surface area contributed by atoms with Crippen LogP contribution in [0.25, 0.3) is 10.9 Å². The van der Waals surface area contributed by atoms with Crippen molar-refractivity contribution >= 4 is 22.5 Å². The number of benzene rings is 2. The second-order valence-corrected chi connectivity index (χ2v) is 5.93. The van der Waals surface area contributed by atoms with Gasteiger partial charge in [0.1, 0.15) is 12.3 Å². The molecule has 0 unspecified atom stereocenters. The van der Waals surface area contributed by atoms with Crippen LogP contribution in [0, 0.1) is 13.8 Å². The number of aromatic amines is 1. The van der Waals surface area contributed by atoms with E-state index in [2.05, 4.69) is 15.7 Å². The van der Waals surface area contributed by atoms with E-state index < -0.39 is 0 Å². The van der Waals surface area contributed by atoms with Gasteiger partial charge in [0.15, 0.2) is 5.75 Å². The zero-order valence-electron chi connectivity index (χ0n) is 14.3. The van der Waals surface area contributed by atoms with Gasteiger partial charge in [-0.05, 0) is 49.2 Å². The van der Waals surface area contributed by atoms with Crippen LogP contribution in [0.4, 0.5) is 5.69 Å². The van der Waals surface area contributed by atoms with Crippen LogP contribution in [0.1, 0.15) is 21.6 Å². The molecule has 0 atom stereocenters. The average Bonchev–Trinajstić information content (AvgIpc) is 2.97. The Hall–Kier alpha value is -2.83. The number of nitrogens with one attached hydrogen (secondary N) is 3. The first-order valence-corrected chi connectivity index (χ1v) is 8.15. The quantitative estimate of drug-likeness (QED) is 0.316. The molecule has 25 heavy (non-hydrogen) atoms. The van der Waals surface area contributed by atoms with Crippen molar-refractivity contribution in [3.8, 4) is 5.75 Å². The minimum atomic E-state index is -0.241. The average molecular weight is 338 g/mol. The number of nitrogens with two attached hydrogens (primary N) is 1. The van der Waals surface area contributed by atoms with Gasteiger partial charge in [-0.3, -0.25) is 16.1 Å². The molecule has 3 aromatic rings. The smallest absolute Gasteiger partial charge is 0.275 e. The first-order valence-electron chi connectivity index (χ1n) is 8.15. The molecule has 0 bridgehead atoms. The maximum atomic E-state index is 12.8. The number of aromatic nitrogens is 1. The predicted molar refractivity (Wildman–Crippen MR) is 99.9 cm³/mol. The Kier molecular flexibility index (Phi) is 5.02. The molecule has 0 spiro atoms. The fourth-order valence-corrected chi connectivity index (χ4v) is 2.65. The lowest BCUT2D eigenvalue weighted by molar-refractivity contribution is 0.101. The molecule has 0 aliphatic rings. The summed E-state index contributed by atoms with van der Waals surface area (Å²) in [4.78, 5) is 15.9. The summed E-state index contributed by atoms with van der Waals surface area (Å²) in [6, 6.07) is 13.5. The highest BCUT2D eigenvalue weighted by Crippen LogP contribution is 2.30. The van der Waals surface area contributed by atoms with Crippen LogP contribution < -0.4 is 21.3 Å². The number of anilines is 1. The van der Waals surface area contributed by atoms with Crippen LogP contribution in [-0.2, 0) is 0 Å². The van der Waals surface area contributed by atoms with Gasteiger partial charge in [0.25, 0.3) is 5.91 Å². The molecule has 6 nitrogen and oxygen atoms in total. The molecule has 0 aliphatic carbocycles. The number of fused-ring (bicyclic) bond motifs is 1. The Balaban J connectivity index is 1.91. The van der Waals surface area contributed by atoms with Gasteiger partial charge in [0.05, 0.1) is 0 Å². The van der Waals surface area contributed by atoms with Crippen LogP contribution in [0.3, 0.4) is 0 Å². The van der Waals surface area contributed by atoms with Crippen molar-refractivity contribution in [2.24, 2.45) is 5.84 Å². The number of ether oxygens (including phenoxy) is 1. The highest BCUT2D eigenvalue weighted by atomic mass is 16.5. The van der Waals surface area contributed by atoms with Crippen molar-refractivity contribution in [1.82, 2.24) is 10.4 Å². The summed E-state index contributed by atoms with van der Waals surface area (Å²) in [5, 5.41) is 3.79. The van der Waals surface area contributed by atoms with Crippen LogP contribution in [-0.4, -0.2) is 24.0 Å². The Labute approximate surface area is 146 Å². The summed E-state index contributed by atoms with van der Waals surface area (Å²) in [7, 11) is 0. The molecule has 0 aliphatic heterocycles. The third kappa shape index (κ3) is 3.65. The standard InChI is InChI=1S/C19H22N4O2/c1-12-7-8-14(11-13(12)2)22-19(24)17-18(25-10-9-21-20)15-5-3-4-6-16(15)23-17/h3-8,11,21,23H,9-10,20H2,1-2H3,(H,22,24). The summed E-state index contributed by atoms with van der Waals surface area (Å²) in [6.07, 6.45) is 0. The summed E-state index contributed by atoms with van der Waals surface area (Å²) in [5.74, 6) is 5.58. The van der Waals surface area contributed by atoms with Gasteiger partial charge in [-0.2, -0.15) is 0 Å². The second-order valence-electron chi connectivity index (χ2n) is 5.93. The van der Waals surface area contributed by atoms with E-state index in [0.29, 0.717) is 24.6 Å². The zero-order chi connectivity index (χ0) is 17.8. The number of H-pyrrole nitrogens is 1. The molecule has 0 radical (unpaired) electrons. The van der Waals surface area contributed by atoms with Gasteiger partial charge in [-0.15, -0.1) is 0 Å². The molecule has 6 heteroatoms. The number of carbonyl (C=O) groups is 1. The van der Waals surface area contributed by atoms with Crippen molar-refractivity contribution in [2.75, 3.05) is 18.5 Å². The van der Waals surface area contributed by atoms with E-state index in [1.165, 1.54) is 5.56 Å². The van der Waals surface area contributed by atoms with Crippen LogP contribution >= 0.6 is 0 Å². The second kappa shape index (κ2) is 7.38. The molecular formula is C19H22N4O2. The van der Waals surface area contributed by atoms with E-state index >= 15 is 0 Å². The number of hydrazine groups is 1. The molecule has 3 rings (SSSR count). The third-order valence-electron chi connectivity index (χ3n) is 4.14. The van der Waals surface area contributed by atoms with Gasteiger partial charge < -0.3 is 15.0 Å². The SMILES string of the molecule is Cc1ccc(NC(=O)c2[nH]c3ccccc3c2OCCNN)cc1C. The molecule has 1 amide bonds. The Morgan fingerprint density at radius 3 is 2.72 bits per heavy atom. The number of carbonyl (C=O) groups excluding carboxylic acids is 1. The molecule has 0 saturated heterocycles. The zero-order valence-corrected chi connectivity index (χ0v) is 14.3. The van der Waals surface area contributed by atoms with Crippen LogP contribution in [0.5, 0.6) is 5.75 Å². The highest BCUT2D eigenvalue weighted by molar-refractivity contribution is 6.09. The van der Waals surface area contributed by atoms with E-state index in [0.717, 1.165) is 22.2 Å². The normalized spacial score (nSPS) is 10.8. The van der Waals surface area contributed by atoms with Gasteiger partial charge in [-0.25, -0.2) is 0 Å². The number of hydrogen-bond donors (Lipinski definition) is 4. The maximum Gasteiger partial charge on any atom is 0.275 e. The first kappa shape index (κ1) is 17.0. The summed E-state index contributed by atoms with van der Waals surface area (Å²) < 4.78 is 5.80. The van der Waals surface area contributed by atoms with E-state index in [1.54, 1.807) is 0 Å². The minimum Gasteiger partial charge on any atom is -0.489 e. The monoisotopic (exact) mass is 338 g/mol. The fraction of sp³-hybridized carbons (Fsp3) is 0.211. The lowest BCUT2D eigenvalue weighted by Crippen LogP contribution is -2.27. The molecule has 130 valence electrons. The van der Waals surface area contributed by atoms with Crippen molar-refractivity contribution in [1.29, 1.82) is 0 Å². The molecule has 5 N–H and O–H groups in total. The van der Waals surface area contributed by atoms with Gasteiger partial charge >= 0.3 is 0 Å². The van der Waals surface area contributed by atoms with Crippen LogP contribution in [0.2, 0.25) is 0 Å². The molecule has 0 saturated carbocycles. The number of amides is 1. The number of aryl methyl sites for hydroxylation is 2. The summed E-state index contributed by atoms with van der Waals surface area (Å²) in [6.45, 7) is 4.90. The molecule has 1 aromatic heterocycles.